The second kappa shape index (κ2) is 9.65. The lowest BCUT2D eigenvalue weighted by atomic mass is 10.1. The summed E-state index contributed by atoms with van der Waals surface area (Å²) in [4.78, 5) is 25.1. The largest absolute Gasteiger partial charge is 0.493 e. The molecule has 0 fully saturated rings. The summed E-state index contributed by atoms with van der Waals surface area (Å²) in [5, 5.41) is 22.1. The van der Waals surface area contributed by atoms with E-state index in [-0.39, 0.29) is 19.1 Å². The van der Waals surface area contributed by atoms with Gasteiger partial charge in [-0.2, -0.15) is 0 Å². The second-order valence-electron chi connectivity index (χ2n) is 7.68. The molecule has 8 nitrogen and oxygen atoms in total. The molecule has 0 amide bonds. The van der Waals surface area contributed by atoms with Gasteiger partial charge in [0, 0.05) is 20.4 Å². The number of nitrogens with one attached hydrogen (secondary N) is 2. The van der Waals surface area contributed by atoms with E-state index in [0.29, 0.717) is 29.3 Å². The van der Waals surface area contributed by atoms with Crippen molar-refractivity contribution in [3.63, 3.8) is 0 Å². The maximum Gasteiger partial charge on any atom is 0.329 e. The summed E-state index contributed by atoms with van der Waals surface area (Å²) in [5.41, 5.74) is 2.21. The molecule has 0 aliphatic carbocycles. The molecule has 0 aliphatic rings. The highest BCUT2D eigenvalue weighted by atomic mass is 127. The van der Waals surface area contributed by atoms with E-state index < -0.39 is 11.7 Å². The smallest absolute Gasteiger partial charge is 0.329 e. The number of H-pyrrole nitrogens is 2. The van der Waals surface area contributed by atoms with Crippen molar-refractivity contribution in [2.24, 2.45) is 0 Å². The lowest BCUT2D eigenvalue weighted by Crippen LogP contribution is -2.25. The fourth-order valence-electron chi connectivity index (χ4n) is 3.90. The monoisotopic (exact) mass is 588 g/mol. The first kappa shape index (κ1) is 22.7. The van der Waals surface area contributed by atoms with Gasteiger partial charge in [0.2, 0.25) is 5.88 Å². The number of hydrogen-bond donors (Lipinski definition) is 4. The number of aliphatic hydroxyl groups is 1. The van der Waals surface area contributed by atoms with Crippen LogP contribution in [0, 0.1) is 3.57 Å². The molecule has 1 atom stereocenters. The summed E-state index contributed by atoms with van der Waals surface area (Å²) in [5.74, 6) is 1.03. The molecule has 0 spiro atoms. The van der Waals surface area contributed by atoms with E-state index in [4.69, 9.17) is 14.8 Å². The molecular weight excluding hydrogens is 567 g/mol. The van der Waals surface area contributed by atoms with Crippen LogP contribution in [0.25, 0.3) is 22.3 Å². The predicted molar refractivity (Wildman–Crippen MR) is 140 cm³/mol. The number of thiophene rings is 1. The number of benzene rings is 2. The maximum absolute atomic E-state index is 13.1. The fourth-order valence-corrected chi connectivity index (χ4v) is 5.13. The van der Waals surface area contributed by atoms with Gasteiger partial charge in [-0.3, -0.25) is 4.57 Å². The average molecular weight is 588 g/mol. The van der Waals surface area contributed by atoms with Gasteiger partial charge >= 0.3 is 5.69 Å². The summed E-state index contributed by atoms with van der Waals surface area (Å²) >= 11 is 3.84. The maximum atomic E-state index is 13.1. The van der Waals surface area contributed by atoms with Crippen molar-refractivity contribution in [1.82, 2.24) is 19.5 Å². The SMILES string of the molecule is O=c1[nH]c(-c2ccc(OCCO)cc2)c(O)n1[C@@H](Cc1cccs1)c1nc2ccc(I)cc2[nH]1. The van der Waals surface area contributed by atoms with Crippen LogP contribution in [0.4, 0.5) is 0 Å². The third-order valence-electron chi connectivity index (χ3n) is 5.47. The highest BCUT2D eigenvalue weighted by Gasteiger charge is 2.26. The number of aromatic amines is 2. The van der Waals surface area contributed by atoms with Crippen LogP contribution in [0.5, 0.6) is 11.6 Å². The highest BCUT2D eigenvalue weighted by molar-refractivity contribution is 14.1. The lowest BCUT2D eigenvalue weighted by Gasteiger charge is -2.16. The lowest BCUT2D eigenvalue weighted by molar-refractivity contribution is 0.201. The quantitative estimate of drug-likeness (QED) is 0.202. The number of hydrogen-bond acceptors (Lipinski definition) is 6. The molecule has 0 saturated carbocycles. The molecular formula is C24H21IN4O4S. The van der Waals surface area contributed by atoms with Crippen molar-refractivity contribution in [3.05, 3.63) is 84.7 Å². The summed E-state index contributed by atoms with van der Waals surface area (Å²) in [6.45, 7) is 0.115. The Kier molecular flexibility index (Phi) is 6.44. The molecule has 174 valence electrons. The first-order chi connectivity index (χ1) is 16.5. The Morgan fingerprint density at radius 3 is 2.71 bits per heavy atom. The normalized spacial score (nSPS) is 12.3. The third-order valence-corrected chi connectivity index (χ3v) is 7.04. The van der Waals surface area contributed by atoms with Crippen LogP contribution in [0.2, 0.25) is 0 Å². The minimum absolute atomic E-state index is 0.0781. The Bertz CT molecular complexity index is 1470. The van der Waals surface area contributed by atoms with Gasteiger partial charge in [-0.25, -0.2) is 9.78 Å². The average Bonchev–Trinajstić information content (AvgIpc) is 3.56. The van der Waals surface area contributed by atoms with E-state index in [0.717, 1.165) is 19.5 Å². The van der Waals surface area contributed by atoms with Crippen LogP contribution < -0.4 is 10.4 Å². The van der Waals surface area contributed by atoms with Crippen LogP contribution in [-0.4, -0.2) is 42.9 Å². The Morgan fingerprint density at radius 1 is 1.15 bits per heavy atom. The van der Waals surface area contributed by atoms with Gasteiger partial charge in [0.1, 0.15) is 29.9 Å². The first-order valence-electron chi connectivity index (χ1n) is 10.6. The van der Waals surface area contributed by atoms with Crippen LogP contribution in [0.3, 0.4) is 0 Å². The molecule has 0 aliphatic heterocycles. The van der Waals surface area contributed by atoms with Gasteiger partial charge < -0.3 is 24.9 Å². The second-order valence-corrected chi connectivity index (χ2v) is 9.96. The zero-order valence-electron chi connectivity index (χ0n) is 17.9. The molecule has 2 aromatic carbocycles. The molecule has 0 bridgehead atoms. The summed E-state index contributed by atoms with van der Waals surface area (Å²) in [7, 11) is 0. The topological polar surface area (TPSA) is 116 Å². The molecule has 4 N–H and O–H groups in total. The van der Waals surface area contributed by atoms with Crippen molar-refractivity contribution in [2.45, 2.75) is 12.5 Å². The van der Waals surface area contributed by atoms with Crippen molar-refractivity contribution >= 4 is 45.0 Å². The Balaban J connectivity index is 1.57. The highest BCUT2D eigenvalue weighted by Crippen LogP contribution is 2.33. The van der Waals surface area contributed by atoms with Crippen molar-refractivity contribution in [3.8, 4) is 22.9 Å². The van der Waals surface area contributed by atoms with Crippen LogP contribution in [0.1, 0.15) is 16.7 Å². The Morgan fingerprint density at radius 2 is 1.97 bits per heavy atom. The number of nitrogens with zero attached hydrogens (tertiary/aromatic N) is 2. The minimum atomic E-state index is -0.534. The number of rotatable bonds is 8. The zero-order chi connectivity index (χ0) is 23.7. The van der Waals surface area contributed by atoms with E-state index in [2.05, 4.69) is 32.6 Å². The zero-order valence-corrected chi connectivity index (χ0v) is 20.8. The standard InChI is InChI=1S/C24H21IN4O4S/c25-15-5-8-18-19(12-15)27-22(26-18)20(13-17-2-1-11-34-17)29-23(31)21(28-24(29)32)14-3-6-16(7-4-14)33-10-9-30/h1-8,11-12,20,30-31H,9-10,13H2,(H,26,27)(H,28,32)/t20-/m0/s1. The van der Waals surface area contributed by atoms with E-state index in [9.17, 15) is 9.90 Å². The van der Waals surface area contributed by atoms with Gasteiger partial charge in [0.05, 0.1) is 17.6 Å². The first-order valence-corrected chi connectivity index (χ1v) is 12.5. The van der Waals surface area contributed by atoms with Crippen LogP contribution >= 0.6 is 33.9 Å². The Hall–Kier alpha value is -3.09. The molecule has 10 heteroatoms. The van der Waals surface area contributed by atoms with Crippen molar-refractivity contribution in [1.29, 1.82) is 0 Å². The number of halogens is 1. The molecule has 0 unspecified atom stereocenters. The molecule has 5 aromatic rings. The fraction of sp³-hybridized carbons (Fsp3) is 0.167. The van der Waals surface area contributed by atoms with E-state index >= 15 is 0 Å². The van der Waals surface area contributed by atoms with Gasteiger partial charge in [-0.1, -0.05) is 6.07 Å². The van der Waals surface area contributed by atoms with E-state index in [1.807, 2.05) is 35.7 Å². The van der Waals surface area contributed by atoms with Crippen molar-refractivity contribution in [2.75, 3.05) is 13.2 Å². The summed E-state index contributed by atoms with van der Waals surface area (Å²) in [6, 6.07) is 16.3. The summed E-state index contributed by atoms with van der Waals surface area (Å²) < 4.78 is 7.83. The number of fused-ring (bicyclic) bond motifs is 1. The van der Waals surface area contributed by atoms with Gasteiger partial charge in [0.25, 0.3) is 0 Å². The van der Waals surface area contributed by atoms with Crippen LogP contribution in [-0.2, 0) is 6.42 Å². The van der Waals surface area contributed by atoms with Crippen molar-refractivity contribution < 1.29 is 14.9 Å². The summed E-state index contributed by atoms with van der Waals surface area (Å²) in [6.07, 6.45) is 0.493. The molecule has 34 heavy (non-hydrogen) atoms. The number of imidazole rings is 2. The van der Waals surface area contributed by atoms with Gasteiger partial charge in [-0.15, -0.1) is 11.3 Å². The van der Waals surface area contributed by atoms with Crippen LogP contribution in [0.15, 0.2) is 64.8 Å². The minimum Gasteiger partial charge on any atom is -0.493 e. The molecule has 0 saturated heterocycles. The number of ether oxygens (including phenoxy) is 1. The van der Waals surface area contributed by atoms with Gasteiger partial charge in [0.15, 0.2) is 0 Å². The predicted octanol–water partition coefficient (Wildman–Crippen LogP) is 4.29. The Labute approximate surface area is 212 Å². The van der Waals surface area contributed by atoms with Gasteiger partial charge in [-0.05, 0) is 76.5 Å². The molecule has 3 aromatic heterocycles. The number of aromatic hydroxyl groups is 1. The number of aliphatic hydroxyl groups excluding tert-OH is 1. The van der Waals surface area contributed by atoms with E-state index in [1.165, 1.54) is 4.57 Å². The third kappa shape index (κ3) is 4.48. The molecule has 0 radical (unpaired) electrons. The van der Waals surface area contributed by atoms with E-state index in [1.54, 1.807) is 35.6 Å². The molecule has 3 heterocycles. The number of aromatic nitrogens is 4. The molecule has 5 rings (SSSR count).